The Balaban J connectivity index is 0.917. The number of unbranched alkanes of at least 4 members (excludes halogenated alkanes) is 10. The van der Waals surface area contributed by atoms with Crippen LogP contribution in [-0.4, -0.2) is 74.1 Å². The first-order valence-corrected chi connectivity index (χ1v) is 25.5. The van der Waals surface area contributed by atoms with Gasteiger partial charge in [0.1, 0.15) is 12.2 Å². The third-order valence-electron chi connectivity index (χ3n) is 14.6. The second-order valence-corrected chi connectivity index (χ2v) is 19.6. The maximum Gasteiger partial charge on any atom is 0.309 e. The van der Waals surface area contributed by atoms with Crippen molar-refractivity contribution in [3.8, 4) is 6.07 Å². The summed E-state index contributed by atoms with van der Waals surface area (Å²) in [7, 11) is 0. The summed E-state index contributed by atoms with van der Waals surface area (Å²) in [6.07, 6.45) is 37.4. The molecule has 0 saturated heterocycles. The maximum absolute atomic E-state index is 13.3. The lowest BCUT2D eigenvalue weighted by Gasteiger charge is -2.34. The highest BCUT2D eigenvalue weighted by molar-refractivity contribution is 5.74. The number of rotatable bonds is 24. The van der Waals surface area contributed by atoms with Crippen molar-refractivity contribution in [1.82, 2.24) is 0 Å². The van der Waals surface area contributed by atoms with E-state index in [-0.39, 0.29) is 41.9 Å². The number of nitriles is 1. The van der Waals surface area contributed by atoms with Crippen LogP contribution in [0.2, 0.25) is 0 Å². The van der Waals surface area contributed by atoms with Crippen molar-refractivity contribution in [2.24, 2.45) is 39.6 Å². The Morgan fingerprint density at radius 1 is 0.500 bits per heavy atom. The Hall–Kier alpha value is -2.31. The van der Waals surface area contributed by atoms with E-state index in [9.17, 15) is 14.9 Å². The van der Waals surface area contributed by atoms with E-state index in [1.54, 1.807) is 0 Å². The molecule has 60 heavy (non-hydrogen) atoms. The largest absolute Gasteiger partial charge is 0.462 e. The van der Waals surface area contributed by atoms with Gasteiger partial charge in [-0.3, -0.25) is 19.6 Å². The van der Waals surface area contributed by atoms with Gasteiger partial charge >= 0.3 is 11.9 Å². The number of hydrogen-bond acceptors (Lipinski definition) is 9. The molecule has 9 nitrogen and oxygen atoms in total. The number of nitrogens with zero attached hydrogens (tertiary/aromatic N) is 3. The minimum absolute atomic E-state index is 0.111. The van der Waals surface area contributed by atoms with Gasteiger partial charge in [0.15, 0.2) is 0 Å². The van der Waals surface area contributed by atoms with Gasteiger partial charge in [-0.2, -0.15) is 5.26 Å². The second-order valence-electron chi connectivity index (χ2n) is 19.6. The van der Waals surface area contributed by atoms with E-state index >= 15 is 0 Å². The van der Waals surface area contributed by atoms with E-state index in [2.05, 4.69) is 32.3 Å². The van der Waals surface area contributed by atoms with E-state index in [1.165, 1.54) is 77.0 Å². The average molecular weight is 836 g/mol. The van der Waals surface area contributed by atoms with Crippen molar-refractivity contribution in [2.45, 2.75) is 249 Å². The molecular formula is C51H85N3O6. The monoisotopic (exact) mass is 836 g/mol. The zero-order valence-corrected chi connectivity index (χ0v) is 38.1. The molecule has 0 N–H and O–H groups in total. The fourth-order valence-corrected chi connectivity index (χ4v) is 10.5. The zero-order chi connectivity index (χ0) is 42.2. The van der Waals surface area contributed by atoms with Crippen LogP contribution in [-0.2, 0) is 28.5 Å². The number of carbonyl (C=O) groups excluding carboxylic acids is 2. The Bertz CT molecular complexity index is 1190. The van der Waals surface area contributed by atoms with E-state index in [0.717, 1.165) is 116 Å². The minimum atomic E-state index is -0.383. The van der Waals surface area contributed by atoms with E-state index < -0.39 is 0 Å². The summed E-state index contributed by atoms with van der Waals surface area (Å²) in [4.78, 5) is 36.7. The summed E-state index contributed by atoms with van der Waals surface area (Å²) in [5, 5.41) is 9.85. The molecule has 0 aromatic rings. The lowest BCUT2D eigenvalue weighted by atomic mass is 9.81. The van der Waals surface area contributed by atoms with Gasteiger partial charge in [-0.1, -0.05) is 78.1 Å². The van der Waals surface area contributed by atoms with Crippen LogP contribution in [0.3, 0.4) is 0 Å². The standard InChI is InChI=1S/C51H85N3O6/c1-3-5-7-9-11-13-31-57-46-27-23-44(24-28-46)53-37-39-15-19-42(20-16-39)50(55)59-48-33-41(36-52)34-49(35-48)60-51(56)43-21-17-40(18-22-43)38-54-45-25-29-47(30-26-45)58-32-14-12-10-8-6-4-2/h37-49H,3-35H2,1-2H3. The van der Waals surface area contributed by atoms with Gasteiger partial charge in [-0.15, -0.1) is 0 Å². The molecule has 2 atom stereocenters. The number of hydrogen-bond donors (Lipinski definition) is 0. The maximum atomic E-state index is 13.3. The second kappa shape index (κ2) is 28.4. The third kappa shape index (κ3) is 18.2. The van der Waals surface area contributed by atoms with Gasteiger partial charge in [0, 0.05) is 57.0 Å². The molecule has 0 heterocycles. The van der Waals surface area contributed by atoms with Crippen LogP contribution in [0.15, 0.2) is 9.98 Å². The first-order chi connectivity index (χ1) is 29.4. The quantitative estimate of drug-likeness (QED) is 0.0539. The Kier molecular flexibility index (Phi) is 23.1. The molecule has 0 aliphatic heterocycles. The van der Waals surface area contributed by atoms with Crippen LogP contribution < -0.4 is 0 Å². The number of esters is 2. The van der Waals surface area contributed by atoms with Crippen molar-refractivity contribution in [2.75, 3.05) is 13.2 Å². The van der Waals surface area contributed by atoms with Crippen LogP contribution in [0.5, 0.6) is 0 Å². The van der Waals surface area contributed by atoms with Gasteiger partial charge in [0.2, 0.25) is 0 Å². The van der Waals surface area contributed by atoms with Crippen LogP contribution in [0.1, 0.15) is 213 Å². The normalized spacial score (nSPS) is 32.8. The lowest BCUT2D eigenvalue weighted by molar-refractivity contribution is -0.166. The topological polar surface area (TPSA) is 120 Å². The van der Waals surface area contributed by atoms with E-state index in [1.807, 2.05) is 0 Å². The lowest BCUT2D eigenvalue weighted by Crippen LogP contribution is -2.38. The zero-order valence-electron chi connectivity index (χ0n) is 38.1. The summed E-state index contributed by atoms with van der Waals surface area (Å²) in [6.45, 7) is 6.33. The van der Waals surface area contributed by atoms with Crippen LogP contribution in [0, 0.1) is 40.9 Å². The molecule has 9 heteroatoms. The highest BCUT2D eigenvalue weighted by Crippen LogP contribution is 2.35. The molecule has 0 amide bonds. The van der Waals surface area contributed by atoms with E-state index in [0.29, 0.717) is 55.4 Å². The highest BCUT2D eigenvalue weighted by atomic mass is 16.6. The Morgan fingerprint density at radius 2 is 0.883 bits per heavy atom. The molecule has 2 unspecified atom stereocenters. The molecule has 5 fully saturated rings. The van der Waals surface area contributed by atoms with Crippen molar-refractivity contribution in [3.63, 3.8) is 0 Å². The van der Waals surface area contributed by atoms with Crippen LogP contribution in [0.25, 0.3) is 0 Å². The van der Waals surface area contributed by atoms with Crippen LogP contribution >= 0.6 is 0 Å². The van der Waals surface area contributed by atoms with Gasteiger partial charge in [-0.05, 0) is 127 Å². The predicted octanol–water partition coefficient (Wildman–Crippen LogP) is 12.3. The summed E-state index contributed by atoms with van der Waals surface area (Å²) in [6, 6.07) is 3.18. The molecule has 340 valence electrons. The molecule has 0 radical (unpaired) electrons. The fraction of sp³-hybridized carbons (Fsp3) is 0.902. The SMILES string of the molecule is CCCCCCCCOC1CCC(N=CC2CCC(C(=O)OC3CC(C#N)CC(OC(=O)C4CCC(C=NC5CCC(OCCCCCCCC)CC5)CC4)C3)CC2)CC1. The van der Waals surface area contributed by atoms with Crippen molar-refractivity contribution < 1.29 is 28.5 Å². The van der Waals surface area contributed by atoms with E-state index in [4.69, 9.17) is 28.9 Å². The summed E-state index contributed by atoms with van der Waals surface area (Å²) in [5.74, 6) is 0.0387. The van der Waals surface area contributed by atoms with Gasteiger partial charge in [-0.25, -0.2) is 0 Å². The molecule has 0 spiro atoms. The molecule has 0 aromatic heterocycles. The molecule has 0 aromatic carbocycles. The number of aliphatic imine (C=N–C) groups is 2. The highest BCUT2D eigenvalue weighted by Gasteiger charge is 2.37. The molecule has 5 rings (SSSR count). The van der Waals surface area contributed by atoms with Gasteiger partial charge in [0.05, 0.1) is 36.0 Å². The molecule has 0 bridgehead atoms. The number of carbonyl (C=O) groups is 2. The average Bonchev–Trinajstić information content (AvgIpc) is 3.28. The summed E-state index contributed by atoms with van der Waals surface area (Å²) in [5.41, 5.74) is 0. The molecule has 5 aliphatic carbocycles. The molecule has 5 saturated carbocycles. The Labute approximate surface area is 365 Å². The fourth-order valence-electron chi connectivity index (χ4n) is 10.5. The number of ether oxygens (including phenoxy) is 4. The van der Waals surface area contributed by atoms with Crippen molar-refractivity contribution >= 4 is 24.4 Å². The smallest absolute Gasteiger partial charge is 0.309 e. The van der Waals surface area contributed by atoms with Crippen molar-refractivity contribution in [3.05, 3.63) is 0 Å². The van der Waals surface area contributed by atoms with Crippen LogP contribution in [0.4, 0.5) is 0 Å². The minimum Gasteiger partial charge on any atom is -0.462 e. The third-order valence-corrected chi connectivity index (χ3v) is 14.6. The van der Waals surface area contributed by atoms with Gasteiger partial charge < -0.3 is 18.9 Å². The summed E-state index contributed by atoms with van der Waals surface area (Å²) < 4.78 is 24.5. The first-order valence-electron chi connectivity index (χ1n) is 25.5. The van der Waals surface area contributed by atoms with Crippen molar-refractivity contribution in [1.29, 1.82) is 5.26 Å². The molecular weight excluding hydrogens is 751 g/mol. The predicted molar refractivity (Wildman–Crippen MR) is 241 cm³/mol. The molecule has 5 aliphatic rings. The van der Waals surface area contributed by atoms with Gasteiger partial charge in [0.25, 0.3) is 0 Å². The summed E-state index contributed by atoms with van der Waals surface area (Å²) >= 11 is 0. The first kappa shape index (κ1) is 48.7. The Morgan fingerprint density at radius 3 is 1.27 bits per heavy atom.